The number of esters is 1. The second-order valence-corrected chi connectivity index (χ2v) is 9.30. The average Bonchev–Trinajstić information content (AvgIpc) is 3.00. The van der Waals surface area contributed by atoms with Crippen molar-refractivity contribution < 1.29 is 9.53 Å². The van der Waals surface area contributed by atoms with Gasteiger partial charge in [-0.15, -0.1) is 0 Å². The number of carbonyl (C=O) groups is 1. The molecule has 0 amide bonds. The Labute approximate surface area is 161 Å². The first-order valence-corrected chi connectivity index (χ1v) is 10.8. The molecule has 27 heavy (non-hydrogen) atoms. The molecule has 2 aromatic heterocycles. The van der Waals surface area contributed by atoms with Gasteiger partial charge >= 0.3 is 5.97 Å². The third kappa shape index (κ3) is 3.07. The molecule has 6 rings (SSSR count). The fourth-order valence-corrected chi connectivity index (χ4v) is 6.40. The molecule has 0 atom stereocenters. The minimum Gasteiger partial charge on any atom is -0.455 e. The van der Waals surface area contributed by atoms with Crippen LogP contribution >= 0.6 is 0 Å². The Kier molecular flexibility index (Phi) is 4.25. The Balaban J connectivity index is 1.41. The van der Waals surface area contributed by atoms with Gasteiger partial charge in [0.15, 0.2) is 0 Å². The molecule has 4 aliphatic rings. The second-order valence-electron chi connectivity index (χ2n) is 9.30. The summed E-state index contributed by atoms with van der Waals surface area (Å²) in [6.07, 6.45) is 14.6. The van der Waals surface area contributed by atoms with Gasteiger partial charge in [0.2, 0.25) is 0 Å². The standard InChI is InChI=1S/C23H30N2O2/c1-2-3-4-8-25-15-19(21-20(25)6-5-7-24-21)22(26)27-23-12-16-9-17(13-23)11-18(10-16)14-23/h5-7,15-18H,2-4,8-14H2,1H3. The van der Waals surface area contributed by atoms with E-state index in [1.54, 1.807) is 6.20 Å². The summed E-state index contributed by atoms with van der Waals surface area (Å²) in [5.74, 6) is 2.17. The summed E-state index contributed by atoms with van der Waals surface area (Å²) < 4.78 is 8.48. The van der Waals surface area contributed by atoms with Crippen molar-refractivity contribution in [3.8, 4) is 0 Å². The van der Waals surface area contributed by atoms with Gasteiger partial charge in [-0.25, -0.2) is 4.79 Å². The largest absolute Gasteiger partial charge is 0.455 e. The number of ether oxygens (including phenoxy) is 1. The number of hydrogen-bond acceptors (Lipinski definition) is 3. The summed E-state index contributed by atoms with van der Waals surface area (Å²) in [6.45, 7) is 3.14. The highest BCUT2D eigenvalue weighted by atomic mass is 16.6. The van der Waals surface area contributed by atoms with Crippen LogP contribution in [0.4, 0.5) is 0 Å². The van der Waals surface area contributed by atoms with Crippen LogP contribution in [0.25, 0.3) is 11.0 Å². The second kappa shape index (κ2) is 6.65. The molecule has 4 aliphatic carbocycles. The van der Waals surface area contributed by atoms with Gasteiger partial charge in [-0.1, -0.05) is 19.8 Å². The number of nitrogens with zero attached hydrogens (tertiary/aromatic N) is 2. The SMILES string of the molecule is CCCCCn1cc(C(=O)OC23CC4CC(CC(C4)C2)C3)c2ncccc21. The smallest absolute Gasteiger partial charge is 0.342 e. The molecule has 4 heteroatoms. The van der Waals surface area contributed by atoms with Crippen molar-refractivity contribution in [1.82, 2.24) is 9.55 Å². The highest BCUT2D eigenvalue weighted by molar-refractivity contribution is 6.02. The van der Waals surface area contributed by atoms with Crippen LogP contribution in [0.15, 0.2) is 24.5 Å². The van der Waals surface area contributed by atoms with Gasteiger partial charge in [0, 0.05) is 18.9 Å². The van der Waals surface area contributed by atoms with E-state index < -0.39 is 0 Å². The number of carbonyl (C=O) groups excluding carboxylic acids is 1. The Hall–Kier alpha value is -1.84. The molecule has 0 unspecified atom stereocenters. The van der Waals surface area contributed by atoms with Gasteiger partial charge in [0.1, 0.15) is 16.7 Å². The van der Waals surface area contributed by atoms with Crippen molar-refractivity contribution in [2.75, 3.05) is 0 Å². The molecular formula is C23H30N2O2. The van der Waals surface area contributed by atoms with E-state index in [2.05, 4.69) is 22.5 Å². The normalized spacial score (nSPS) is 31.5. The summed E-state index contributed by atoms with van der Waals surface area (Å²) in [7, 11) is 0. The molecule has 0 saturated heterocycles. The van der Waals surface area contributed by atoms with Crippen LogP contribution < -0.4 is 0 Å². The molecular weight excluding hydrogens is 336 g/mol. The molecule has 2 aromatic rings. The zero-order valence-corrected chi connectivity index (χ0v) is 16.3. The van der Waals surface area contributed by atoms with Crippen LogP contribution in [0, 0.1) is 17.8 Å². The number of hydrogen-bond donors (Lipinski definition) is 0. The van der Waals surface area contributed by atoms with E-state index in [4.69, 9.17) is 4.74 Å². The molecule has 0 N–H and O–H groups in total. The maximum Gasteiger partial charge on any atom is 0.342 e. The first-order chi connectivity index (χ1) is 13.2. The molecule has 4 nitrogen and oxygen atoms in total. The summed E-state index contributed by atoms with van der Waals surface area (Å²) in [5, 5.41) is 0. The predicted octanol–water partition coefficient (Wildman–Crippen LogP) is 5.35. The van der Waals surface area contributed by atoms with Crippen molar-refractivity contribution in [2.24, 2.45) is 17.8 Å². The maximum absolute atomic E-state index is 13.2. The van der Waals surface area contributed by atoms with E-state index in [0.717, 1.165) is 61.0 Å². The van der Waals surface area contributed by atoms with Gasteiger partial charge in [0.25, 0.3) is 0 Å². The molecule has 144 valence electrons. The van der Waals surface area contributed by atoms with Gasteiger partial charge in [0.05, 0.1) is 5.52 Å². The van der Waals surface area contributed by atoms with Crippen molar-refractivity contribution in [2.45, 2.75) is 76.9 Å². The fraction of sp³-hybridized carbons (Fsp3) is 0.652. The quantitative estimate of drug-likeness (QED) is 0.511. The first kappa shape index (κ1) is 17.3. The molecule has 2 heterocycles. The third-order valence-electron chi connectivity index (χ3n) is 7.15. The van der Waals surface area contributed by atoms with Crippen LogP contribution in [-0.2, 0) is 11.3 Å². The van der Waals surface area contributed by atoms with Gasteiger partial charge in [-0.2, -0.15) is 0 Å². The minimum absolute atomic E-state index is 0.158. The lowest BCUT2D eigenvalue weighted by atomic mass is 9.54. The van der Waals surface area contributed by atoms with E-state index in [1.807, 2.05) is 12.3 Å². The van der Waals surface area contributed by atoms with Crippen LogP contribution in [0.2, 0.25) is 0 Å². The van der Waals surface area contributed by atoms with Crippen LogP contribution in [0.5, 0.6) is 0 Å². The van der Waals surface area contributed by atoms with E-state index in [9.17, 15) is 4.79 Å². The van der Waals surface area contributed by atoms with E-state index in [-0.39, 0.29) is 11.6 Å². The van der Waals surface area contributed by atoms with Gasteiger partial charge in [-0.3, -0.25) is 4.98 Å². The van der Waals surface area contributed by atoms with Crippen LogP contribution in [0.3, 0.4) is 0 Å². The van der Waals surface area contributed by atoms with Crippen molar-refractivity contribution in [1.29, 1.82) is 0 Å². The van der Waals surface area contributed by atoms with Crippen LogP contribution in [-0.4, -0.2) is 21.1 Å². The Morgan fingerprint density at radius 3 is 2.56 bits per heavy atom. The topological polar surface area (TPSA) is 44.1 Å². The van der Waals surface area contributed by atoms with Crippen LogP contribution in [0.1, 0.15) is 75.1 Å². The Morgan fingerprint density at radius 1 is 1.19 bits per heavy atom. The van der Waals surface area contributed by atoms with Crippen molar-refractivity contribution in [3.05, 3.63) is 30.1 Å². The fourth-order valence-electron chi connectivity index (χ4n) is 6.40. The molecule has 0 aliphatic heterocycles. The zero-order chi connectivity index (χ0) is 18.4. The summed E-state index contributed by atoms with van der Waals surface area (Å²) >= 11 is 0. The Bertz CT molecular complexity index is 818. The highest BCUT2D eigenvalue weighted by Crippen LogP contribution is 2.57. The lowest BCUT2D eigenvalue weighted by Gasteiger charge is -2.55. The lowest BCUT2D eigenvalue weighted by Crippen LogP contribution is -2.52. The predicted molar refractivity (Wildman–Crippen MR) is 106 cm³/mol. The monoisotopic (exact) mass is 366 g/mol. The van der Waals surface area contributed by atoms with Crippen molar-refractivity contribution in [3.63, 3.8) is 0 Å². The molecule has 4 fully saturated rings. The molecule has 0 aromatic carbocycles. The van der Waals surface area contributed by atoms with E-state index in [1.165, 1.54) is 32.1 Å². The number of pyridine rings is 1. The summed E-state index contributed by atoms with van der Waals surface area (Å²) in [4.78, 5) is 17.7. The lowest BCUT2D eigenvalue weighted by molar-refractivity contribution is -0.131. The molecule has 4 bridgehead atoms. The first-order valence-electron chi connectivity index (χ1n) is 10.8. The summed E-state index contributed by atoms with van der Waals surface area (Å²) in [5.41, 5.74) is 2.30. The third-order valence-corrected chi connectivity index (χ3v) is 7.15. The number of rotatable bonds is 6. The van der Waals surface area contributed by atoms with E-state index in [0.29, 0.717) is 5.56 Å². The minimum atomic E-state index is -0.197. The summed E-state index contributed by atoms with van der Waals surface area (Å²) in [6, 6.07) is 4.02. The highest BCUT2D eigenvalue weighted by Gasteiger charge is 2.53. The number of aryl methyl sites for hydroxylation is 1. The Morgan fingerprint density at radius 2 is 1.89 bits per heavy atom. The number of aromatic nitrogens is 2. The molecule has 0 spiro atoms. The molecule has 0 radical (unpaired) electrons. The maximum atomic E-state index is 13.2. The number of unbranched alkanes of at least 4 members (excludes halogenated alkanes) is 2. The van der Waals surface area contributed by atoms with E-state index >= 15 is 0 Å². The zero-order valence-electron chi connectivity index (χ0n) is 16.3. The van der Waals surface area contributed by atoms with Gasteiger partial charge in [-0.05, 0) is 74.8 Å². The molecule has 4 saturated carbocycles. The average molecular weight is 367 g/mol. The number of fused-ring (bicyclic) bond motifs is 1. The van der Waals surface area contributed by atoms with Gasteiger partial charge < -0.3 is 9.30 Å². The van der Waals surface area contributed by atoms with Crippen molar-refractivity contribution >= 4 is 17.0 Å².